The van der Waals surface area contributed by atoms with Gasteiger partial charge in [-0.2, -0.15) is 0 Å². The smallest absolute Gasteiger partial charge is 0.227 e. The van der Waals surface area contributed by atoms with Crippen LogP contribution in [0.5, 0.6) is 11.5 Å². The Morgan fingerprint density at radius 3 is 2.52 bits per heavy atom. The van der Waals surface area contributed by atoms with Crippen LogP contribution in [0.15, 0.2) is 48.5 Å². The average molecular weight is 389 g/mol. The summed E-state index contributed by atoms with van der Waals surface area (Å²) < 4.78 is 10.8. The fourth-order valence-electron chi connectivity index (χ4n) is 3.86. The Kier molecular flexibility index (Phi) is 5.16. The molecule has 0 aliphatic heterocycles. The van der Waals surface area contributed by atoms with Crippen LogP contribution in [-0.4, -0.2) is 30.0 Å². The first-order valence-corrected chi connectivity index (χ1v) is 9.53. The minimum atomic E-state index is -0.00488. The molecule has 1 atom stereocenters. The Labute approximate surface area is 169 Å². The van der Waals surface area contributed by atoms with Gasteiger partial charge in [0.2, 0.25) is 5.95 Å². The molecule has 0 amide bonds. The lowest BCUT2D eigenvalue weighted by molar-refractivity contribution is 0.0961. The van der Waals surface area contributed by atoms with Crippen molar-refractivity contribution in [3.8, 4) is 11.5 Å². The number of nitrogens with one attached hydrogen (secondary N) is 1. The number of nitrogens with zero attached hydrogens (tertiary/aromatic N) is 2. The first-order chi connectivity index (χ1) is 14.1. The van der Waals surface area contributed by atoms with E-state index in [4.69, 9.17) is 9.47 Å². The van der Waals surface area contributed by atoms with Crippen LogP contribution in [0.3, 0.4) is 0 Å². The van der Waals surface area contributed by atoms with Crippen LogP contribution in [0.25, 0.3) is 0 Å². The number of fused-ring (bicyclic) bond motifs is 1. The van der Waals surface area contributed by atoms with Crippen LogP contribution >= 0.6 is 0 Å². The molecule has 1 aliphatic rings. The molecule has 0 spiro atoms. The zero-order valence-electron chi connectivity index (χ0n) is 16.7. The van der Waals surface area contributed by atoms with E-state index in [2.05, 4.69) is 15.3 Å². The predicted molar refractivity (Wildman–Crippen MR) is 111 cm³/mol. The first kappa shape index (κ1) is 18.9. The van der Waals surface area contributed by atoms with Crippen molar-refractivity contribution in [1.29, 1.82) is 0 Å². The van der Waals surface area contributed by atoms with Crippen molar-refractivity contribution < 1.29 is 14.3 Å². The largest absolute Gasteiger partial charge is 0.497 e. The number of methoxy groups -OCH3 is 2. The highest BCUT2D eigenvalue weighted by molar-refractivity contribution is 6.00. The Balaban J connectivity index is 1.68. The molecule has 0 bridgehead atoms. The molecule has 148 valence electrons. The zero-order chi connectivity index (χ0) is 20.4. The average Bonchev–Trinajstić information content (AvgIpc) is 2.73. The summed E-state index contributed by atoms with van der Waals surface area (Å²) in [6.45, 7) is 1.86. The van der Waals surface area contributed by atoms with Gasteiger partial charge in [-0.05, 0) is 37.1 Å². The van der Waals surface area contributed by atoms with E-state index in [0.717, 1.165) is 28.4 Å². The highest BCUT2D eigenvalue weighted by Gasteiger charge is 2.31. The number of benzene rings is 2. The lowest BCUT2D eigenvalue weighted by atomic mass is 9.81. The molecule has 1 aliphatic carbocycles. The van der Waals surface area contributed by atoms with Crippen molar-refractivity contribution in [1.82, 2.24) is 9.97 Å². The first-order valence-electron chi connectivity index (χ1n) is 9.53. The molecule has 6 nitrogen and oxygen atoms in total. The van der Waals surface area contributed by atoms with E-state index < -0.39 is 0 Å². The van der Waals surface area contributed by atoms with Crippen LogP contribution < -0.4 is 14.8 Å². The zero-order valence-corrected chi connectivity index (χ0v) is 16.7. The second-order valence-electron chi connectivity index (χ2n) is 7.08. The van der Waals surface area contributed by atoms with E-state index in [1.165, 1.54) is 0 Å². The molecule has 1 aromatic heterocycles. The fraction of sp³-hybridized carbons (Fsp3) is 0.261. The minimum absolute atomic E-state index is 0.00488. The van der Waals surface area contributed by atoms with Crippen molar-refractivity contribution in [2.24, 2.45) is 0 Å². The molecule has 0 saturated heterocycles. The van der Waals surface area contributed by atoms with Crippen LogP contribution in [0, 0.1) is 6.92 Å². The van der Waals surface area contributed by atoms with Gasteiger partial charge < -0.3 is 14.8 Å². The number of hydrogen-bond donors (Lipinski definition) is 1. The Bertz CT molecular complexity index is 1050. The van der Waals surface area contributed by atoms with Crippen LogP contribution in [0.2, 0.25) is 0 Å². The van der Waals surface area contributed by atoms with E-state index in [0.29, 0.717) is 30.0 Å². The maximum absolute atomic E-state index is 12.9. The van der Waals surface area contributed by atoms with E-state index >= 15 is 0 Å². The number of para-hydroxylation sites is 1. The number of hydrogen-bond acceptors (Lipinski definition) is 6. The Morgan fingerprint density at radius 2 is 1.79 bits per heavy atom. The fourth-order valence-corrected chi connectivity index (χ4v) is 3.86. The topological polar surface area (TPSA) is 73.3 Å². The molecular formula is C23H23N3O3. The van der Waals surface area contributed by atoms with Crippen molar-refractivity contribution in [2.45, 2.75) is 25.7 Å². The third kappa shape index (κ3) is 3.78. The number of carbonyl (C=O) groups excluding carboxylic acids is 1. The summed E-state index contributed by atoms with van der Waals surface area (Å²) in [5.41, 5.74) is 4.02. The van der Waals surface area contributed by atoms with Gasteiger partial charge >= 0.3 is 0 Å². The molecule has 3 aromatic rings. The highest BCUT2D eigenvalue weighted by Crippen LogP contribution is 2.39. The molecule has 0 saturated carbocycles. The quantitative estimate of drug-likeness (QED) is 0.695. The number of ketones is 1. The van der Waals surface area contributed by atoms with Crippen LogP contribution in [0.1, 0.15) is 39.6 Å². The monoisotopic (exact) mass is 389 g/mol. The van der Waals surface area contributed by atoms with E-state index in [-0.39, 0.29) is 11.7 Å². The van der Waals surface area contributed by atoms with Crippen molar-refractivity contribution in [3.63, 3.8) is 0 Å². The number of aromatic nitrogens is 2. The van der Waals surface area contributed by atoms with Gasteiger partial charge in [-0.15, -0.1) is 0 Å². The van der Waals surface area contributed by atoms with Gasteiger partial charge in [0.05, 0.1) is 31.2 Å². The van der Waals surface area contributed by atoms with Crippen molar-refractivity contribution in [3.05, 3.63) is 71.0 Å². The van der Waals surface area contributed by atoms with Gasteiger partial charge in [-0.25, -0.2) is 9.97 Å². The Hall–Kier alpha value is -3.41. The molecule has 1 heterocycles. The maximum atomic E-state index is 12.9. The van der Waals surface area contributed by atoms with Crippen LogP contribution in [-0.2, 0) is 6.42 Å². The number of ether oxygens (including phenoxy) is 2. The summed E-state index contributed by atoms with van der Waals surface area (Å²) in [6, 6.07) is 15.5. The number of anilines is 2. The maximum Gasteiger partial charge on any atom is 0.227 e. The standard InChI is InChI=1S/C23H23N3O3/c1-14-22-19(26-23(24-14)25-16-7-5-4-6-8-16)11-15(12-20(22)27)18-10-9-17(28-2)13-21(18)29-3/h4-10,13,15H,11-12H2,1-3H3,(H,24,25,26)/t15-/m0/s1. The molecule has 1 N–H and O–H groups in total. The van der Waals surface area contributed by atoms with Crippen molar-refractivity contribution >= 4 is 17.4 Å². The molecule has 6 heteroatoms. The van der Waals surface area contributed by atoms with Crippen molar-refractivity contribution in [2.75, 3.05) is 19.5 Å². The molecule has 4 rings (SSSR count). The SMILES string of the molecule is COc1ccc([C@@H]2CC(=O)c3c(C)nc(Nc4ccccc4)nc3C2)c(OC)c1. The number of aryl methyl sites for hydroxylation is 1. The molecule has 0 unspecified atom stereocenters. The summed E-state index contributed by atoms with van der Waals surface area (Å²) in [4.78, 5) is 22.1. The lowest BCUT2D eigenvalue weighted by Crippen LogP contribution is -2.23. The van der Waals surface area contributed by atoms with Gasteiger partial charge in [-0.1, -0.05) is 24.3 Å². The normalized spacial score (nSPS) is 15.6. The van der Waals surface area contributed by atoms with E-state index in [1.54, 1.807) is 14.2 Å². The molecule has 2 aromatic carbocycles. The molecule has 29 heavy (non-hydrogen) atoms. The summed E-state index contributed by atoms with van der Waals surface area (Å²) in [7, 11) is 3.25. The second kappa shape index (κ2) is 7.91. The van der Waals surface area contributed by atoms with Gasteiger partial charge in [0.1, 0.15) is 11.5 Å². The lowest BCUT2D eigenvalue weighted by Gasteiger charge is -2.26. The van der Waals surface area contributed by atoms with E-state index in [1.807, 2.05) is 55.5 Å². The number of rotatable bonds is 5. The van der Waals surface area contributed by atoms with Gasteiger partial charge in [-0.3, -0.25) is 4.79 Å². The summed E-state index contributed by atoms with van der Waals surface area (Å²) in [5, 5.41) is 3.23. The summed E-state index contributed by atoms with van der Waals surface area (Å²) in [5.74, 6) is 2.01. The summed E-state index contributed by atoms with van der Waals surface area (Å²) >= 11 is 0. The molecular weight excluding hydrogens is 366 g/mol. The third-order valence-corrected chi connectivity index (χ3v) is 5.23. The van der Waals surface area contributed by atoms with Crippen LogP contribution in [0.4, 0.5) is 11.6 Å². The summed E-state index contributed by atoms with van der Waals surface area (Å²) in [6.07, 6.45) is 1.06. The number of Topliss-reactive ketones (excluding diaryl/α,β-unsaturated/α-hetero) is 1. The van der Waals surface area contributed by atoms with E-state index in [9.17, 15) is 4.79 Å². The van der Waals surface area contributed by atoms with Gasteiger partial charge in [0, 0.05) is 24.1 Å². The van der Waals surface area contributed by atoms with Gasteiger partial charge in [0.25, 0.3) is 0 Å². The Morgan fingerprint density at radius 1 is 1.00 bits per heavy atom. The number of carbonyl (C=O) groups is 1. The second-order valence-corrected chi connectivity index (χ2v) is 7.08. The highest BCUT2D eigenvalue weighted by atomic mass is 16.5. The van der Waals surface area contributed by atoms with Gasteiger partial charge in [0.15, 0.2) is 5.78 Å². The minimum Gasteiger partial charge on any atom is -0.497 e. The molecule has 0 fully saturated rings. The predicted octanol–water partition coefficient (Wildman–Crippen LogP) is 4.46. The third-order valence-electron chi connectivity index (χ3n) is 5.23. The molecule has 0 radical (unpaired) electrons.